The molecular weight excluding hydrogens is 234 g/mol. The van der Waals surface area contributed by atoms with Crippen LogP contribution in [0.3, 0.4) is 0 Å². The predicted molar refractivity (Wildman–Crippen MR) is 71.6 cm³/mol. The lowest BCUT2D eigenvalue weighted by molar-refractivity contribution is 0.404. The van der Waals surface area contributed by atoms with Gasteiger partial charge in [0.25, 0.3) is 0 Å². The Balaban J connectivity index is 1.88. The SMILES string of the molecule is COc1cccc(Cl)c1CNCC(C)C1CC1. The molecule has 17 heavy (non-hydrogen) atoms. The number of hydrogen-bond acceptors (Lipinski definition) is 2. The van der Waals surface area contributed by atoms with Gasteiger partial charge in [0.2, 0.25) is 0 Å². The molecule has 0 heterocycles. The summed E-state index contributed by atoms with van der Waals surface area (Å²) in [6.45, 7) is 4.15. The number of hydrogen-bond donors (Lipinski definition) is 1. The lowest BCUT2D eigenvalue weighted by Gasteiger charge is -2.14. The van der Waals surface area contributed by atoms with Crippen LogP contribution in [0.2, 0.25) is 5.02 Å². The summed E-state index contributed by atoms with van der Waals surface area (Å²) in [6.07, 6.45) is 2.80. The van der Waals surface area contributed by atoms with Crippen LogP contribution in [-0.2, 0) is 6.54 Å². The maximum Gasteiger partial charge on any atom is 0.124 e. The summed E-state index contributed by atoms with van der Waals surface area (Å²) in [6, 6.07) is 5.77. The molecule has 1 atom stereocenters. The zero-order chi connectivity index (χ0) is 12.3. The van der Waals surface area contributed by atoms with Gasteiger partial charge in [0, 0.05) is 17.1 Å². The maximum absolute atomic E-state index is 6.18. The normalized spacial score (nSPS) is 16.9. The topological polar surface area (TPSA) is 21.3 Å². The standard InChI is InChI=1S/C14H20ClNO/c1-10(11-6-7-11)8-16-9-12-13(15)4-3-5-14(12)17-2/h3-5,10-11,16H,6-9H2,1-2H3. The molecular formula is C14H20ClNO. The Bertz CT molecular complexity index is 376. The van der Waals surface area contributed by atoms with Crippen LogP contribution in [-0.4, -0.2) is 13.7 Å². The third-order valence-electron chi connectivity index (χ3n) is 3.49. The van der Waals surface area contributed by atoms with E-state index in [1.54, 1.807) is 7.11 Å². The Labute approximate surface area is 108 Å². The first-order valence-electron chi connectivity index (χ1n) is 6.24. The van der Waals surface area contributed by atoms with Crippen molar-refractivity contribution in [2.45, 2.75) is 26.3 Å². The fraction of sp³-hybridized carbons (Fsp3) is 0.571. The van der Waals surface area contributed by atoms with Gasteiger partial charge in [-0.2, -0.15) is 0 Å². The van der Waals surface area contributed by atoms with E-state index in [0.29, 0.717) is 0 Å². The van der Waals surface area contributed by atoms with Crippen molar-refractivity contribution < 1.29 is 4.74 Å². The van der Waals surface area contributed by atoms with E-state index in [2.05, 4.69) is 12.2 Å². The lowest BCUT2D eigenvalue weighted by Crippen LogP contribution is -2.22. The molecule has 0 aliphatic heterocycles. The van der Waals surface area contributed by atoms with E-state index in [4.69, 9.17) is 16.3 Å². The van der Waals surface area contributed by atoms with Crippen LogP contribution in [0.15, 0.2) is 18.2 Å². The third kappa shape index (κ3) is 3.36. The zero-order valence-electron chi connectivity index (χ0n) is 10.5. The number of halogens is 1. The van der Waals surface area contributed by atoms with Crippen molar-refractivity contribution in [2.75, 3.05) is 13.7 Å². The van der Waals surface area contributed by atoms with Crippen LogP contribution in [0.5, 0.6) is 5.75 Å². The minimum Gasteiger partial charge on any atom is -0.496 e. The second-order valence-electron chi connectivity index (χ2n) is 4.87. The highest BCUT2D eigenvalue weighted by Gasteiger charge is 2.27. The molecule has 0 spiro atoms. The van der Waals surface area contributed by atoms with E-state index >= 15 is 0 Å². The third-order valence-corrected chi connectivity index (χ3v) is 3.84. The molecule has 1 aromatic carbocycles. The molecule has 1 saturated carbocycles. The smallest absolute Gasteiger partial charge is 0.124 e. The van der Waals surface area contributed by atoms with E-state index in [0.717, 1.165) is 41.3 Å². The van der Waals surface area contributed by atoms with Gasteiger partial charge in [0.05, 0.1) is 7.11 Å². The van der Waals surface area contributed by atoms with Gasteiger partial charge in [0.15, 0.2) is 0 Å². The lowest BCUT2D eigenvalue weighted by atomic mass is 10.1. The van der Waals surface area contributed by atoms with Gasteiger partial charge in [-0.15, -0.1) is 0 Å². The van der Waals surface area contributed by atoms with Crippen molar-refractivity contribution in [3.05, 3.63) is 28.8 Å². The van der Waals surface area contributed by atoms with Gasteiger partial charge in [-0.25, -0.2) is 0 Å². The van der Waals surface area contributed by atoms with Gasteiger partial charge in [-0.05, 0) is 43.4 Å². The highest BCUT2D eigenvalue weighted by molar-refractivity contribution is 6.31. The summed E-state index contributed by atoms with van der Waals surface area (Å²) in [5, 5.41) is 4.25. The van der Waals surface area contributed by atoms with E-state index in [1.807, 2.05) is 18.2 Å². The fourth-order valence-corrected chi connectivity index (χ4v) is 2.39. The molecule has 1 aliphatic rings. The first-order chi connectivity index (χ1) is 8.22. The molecule has 1 aliphatic carbocycles. The van der Waals surface area contributed by atoms with Crippen molar-refractivity contribution in [3.8, 4) is 5.75 Å². The molecule has 94 valence electrons. The monoisotopic (exact) mass is 253 g/mol. The van der Waals surface area contributed by atoms with Gasteiger partial charge >= 0.3 is 0 Å². The van der Waals surface area contributed by atoms with Gasteiger partial charge in [0.1, 0.15) is 5.75 Å². The quantitative estimate of drug-likeness (QED) is 0.838. The second kappa shape index (κ2) is 5.74. The zero-order valence-corrected chi connectivity index (χ0v) is 11.3. The molecule has 1 N–H and O–H groups in total. The molecule has 0 radical (unpaired) electrons. The van der Waals surface area contributed by atoms with Gasteiger partial charge in [-0.1, -0.05) is 24.6 Å². The molecule has 3 heteroatoms. The van der Waals surface area contributed by atoms with Crippen molar-refractivity contribution in [3.63, 3.8) is 0 Å². The van der Waals surface area contributed by atoms with Gasteiger partial charge < -0.3 is 10.1 Å². The van der Waals surface area contributed by atoms with Crippen LogP contribution in [0, 0.1) is 11.8 Å². The maximum atomic E-state index is 6.18. The molecule has 0 aromatic heterocycles. The van der Waals surface area contributed by atoms with Crippen LogP contribution < -0.4 is 10.1 Å². The summed E-state index contributed by atoms with van der Waals surface area (Å²) >= 11 is 6.18. The van der Waals surface area contributed by atoms with Crippen molar-refractivity contribution in [2.24, 2.45) is 11.8 Å². The largest absolute Gasteiger partial charge is 0.496 e. The van der Waals surface area contributed by atoms with Crippen LogP contribution in [0.4, 0.5) is 0 Å². The molecule has 2 nitrogen and oxygen atoms in total. The molecule has 0 bridgehead atoms. The Hall–Kier alpha value is -0.730. The predicted octanol–water partition coefficient (Wildman–Crippen LogP) is 3.48. The van der Waals surface area contributed by atoms with E-state index in [-0.39, 0.29) is 0 Å². The number of methoxy groups -OCH3 is 1. The van der Waals surface area contributed by atoms with Crippen LogP contribution in [0.1, 0.15) is 25.3 Å². The second-order valence-corrected chi connectivity index (χ2v) is 5.27. The molecule has 0 saturated heterocycles. The van der Waals surface area contributed by atoms with Crippen molar-refractivity contribution >= 4 is 11.6 Å². The molecule has 1 unspecified atom stereocenters. The average Bonchev–Trinajstić information content (AvgIpc) is 3.14. The number of nitrogens with one attached hydrogen (secondary N) is 1. The Morgan fingerprint density at radius 2 is 2.24 bits per heavy atom. The minimum absolute atomic E-state index is 0.767. The molecule has 1 fully saturated rings. The van der Waals surface area contributed by atoms with E-state index in [9.17, 15) is 0 Å². The summed E-state index contributed by atoms with van der Waals surface area (Å²) in [5.74, 6) is 2.57. The first-order valence-corrected chi connectivity index (χ1v) is 6.62. The van der Waals surface area contributed by atoms with E-state index in [1.165, 1.54) is 12.8 Å². The summed E-state index contributed by atoms with van der Waals surface area (Å²) in [5.41, 5.74) is 1.06. The van der Waals surface area contributed by atoms with Crippen LogP contribution >= 0.6 is 11.6 Å². The Morgan fingerprint density at radius 1 is 1.47 bits per heavy atom. The average molecular weight is 254 g/mol. The van der Waals surface area contributed by atoms with E-state index < -0.39 is 0 Å². The number of ether oxygens (including phenoxy) is 1. The Morgan fingerprint density at radius 3 is 2.88 bits per heavy atom. The highest BCUT2D eigenvalue weighted by Crippen LogP contribution is 2.36. The number of benzene rings is 1. The number of rotatable bonds is 6. The van der Waals surface area contributed by atoms with Crippen molar-refractivity contribution in [1.29, 1.82) is 0 Å². The summed E-state index contributed by atoms with van der Waals surface area (Å²) < 4.78 is 5.32. The molecule has 0 amide bonds. The Kier molecular flexibility index (Phi) is 4.30. The minimum atomic E-state index is 0.767. The first kappa shape index (κ1) is 12.7. The summed E-state index contributed by atoms with van der Waals surface area (Å²) in [4.78, 5) is 0. The highest BCUT2D eigenvalue weighted by atomic mass is 35.5. The molecule has 1 aromatic rings. The van der Waals surface area contributed by atoms with Gasteiger partial charge in [-0.3, -0.25) is 0 Å². The van der Waals surface area contributed by atoms with Crippen LogP contribution in [0.25, 0.3) is 0 Å². The summed E-state index contributed by atoms with van der Waals surface area (Å²) in [7, 11) is 1.68. The molecule has 2 rings (SSSR count). The van der Waals surface area contributed by atoms with Crippen molar-refractivity contribution in [1.82, 2.24) is 5.32 Å². The fourth-order valence-electron chi connectivity index (χ4n) is 2.16.